The van der Waals surface area contributed by atoms with Crippen molar-refractivity contribution >= 4 is 22.7 Å². The maximum Gasteiger partial charge on any atom is 0.349 e. The summed E-state index contributed by atoms with van der Waals surface area (Å²) in [6, 6.07) is 8.69. The van der Waals surface area contributed by atoms with Gasteiger partial charge in [0.15, 0.2) is 11.3 Å². The molecule has 1 amide bonds. The van der Waals surface area contributed by atoms with Crippen LogP contribution in [0.3, 0.4) is 0 Å². The number of fused-ring (bicyclic) bond motifs is 1. The van der Waals surface area contributed by atoms with Crippen LogP contribution in [-0.4, -0.2) is 36.1 Å². The number of amides is 1. The van der Waals surface area contributed by atoms with Crippen LogP contribution in [0.4, 0.5) is 5.82 Å². The minimum Gasteiger partial charge on any atom is -0.493 e. The van der Waals surface area contributed by atoms with Crippen molar-refractivity contribution in [3.8, 4) is 5.75 Å². The van der Waals surface area contributed by atoms with Crippen molar-refractivity contribution in [2.75, 3.05) is 25.1 Å². The van der Waals surface area contributed by atoms with Gasteiger partial charge in [0, 0.05) is 30.2 Å². The van der Waals surface area contributed by atoms with Crippen LogP contribution in [0.5, 0.6) is 5.75 Å². The topological polar surface area (TPSA) is 97.6 Å². The number of nitrogens with zero attached hydrogens (tertiary/aromatic N) is 3. The van der Waals surface area contributed by atoms with Gasteiger partial charge in [-0.15, -0.1) is 0 Å². The van der Waals surface area contributed by atoms with E-state index in [0.29, 0.717) is 22.5 Å². The molecule has 0 bridgehead atoms. The summed E-state index contributed by atoms with van der Waals surface area (Å²) in [5, 5.41) is 3.34. The number of hydrogen-bond donors (Lipinski definition) is 1. The van der Waals surface area contributed by atoms with Gasteiger partial charge in [-0.2, -0.15) is 0 Å². The van der Waals surface area contributed by atoms with E-state index in [0.717, 1.165) is 37.4 Å². The molecule has 156 valence electrons. The Balaban J connectivity index is 1.53. The predicted molar refractivity (Wildman–Crippen MR) is 113 cm³/mol. The maximum atomic E-state index is 12.6. The van der Waals surface area contributed by atoms with E-state index in [9.17, 15) is 9.59 Å². The van der Waals surface area contributed by atoms with Crippen LogP contribution in [0.25, 0.3) is 11.0 Å². The summed E-state index contributed by atoms with van der Waals surface area (Å²) in [5.74, 6) is 1.30. The Morgan fingerprint density at radius 2 is 2.00 bits per heavy atom. The monoisotopic (exact) mass is 408 g/mol. The summed E-state index contributed by atoms with van der Waals surface area (Å²) in [6.45, 7) is 3.98. The third-order valence-electron chi connectivity index (χ3n) is 5.16. The van der Waals surface area contributed by atoms with Crippen LogP contribution in [0.1, 0.15) is 41.1 Å². The van der Waals surface area contributed by atoms with E-state index >= 15 is 0 Å². The summed E-state index contributed by atoms with van der Waals surface area (Å²) < 4.78 is 10.5. The zero-order valence-electron chi connectivity index (χ0n) is 17.1. The van der Waals surface area contributed by atoms with Crippen LogP contribution in [-0.2, 0) is 6.54 Å². The molecule has 1 fully saturated rings. The van der Waals surface area contributed by atoms with Gasteiger partial charge in [-0.25, -0.2) is 14.8 Å². The average Bonchev–Trinajstić information content (AvgIpc) is 2.77. The number of aromatic nitrogens is 2. The largest absolute Gasteiger partial charge is 0.493 e. The Morgan fingerprint density at radius 1 is 1.20 bits per heavy atom. The fourth-order valence-electron chi connectivity index (χ4n) is 3.67. The first-order valence-corrected chi connectivity index (χ1v) is 10.0. The second-order valence-corrected chi connectivity index (χ2v) is 7.34. The molecule has 1 saturated heterocycles. The number of piperidine rings is 1. The average molecular weight is 408 g/mol. The summed E-state index contributed by atoms with van der Waals surface area (Å²) in [6.07, 6.45) is 3.54. The second kappa shape index (κ2) is 8.52. The highest BCUT2D eigenvalue weighted by atomic mass is 16.5. The van der Waals surface area contributed by atoms with Gasteiger partial charge in [0.1, 0.15) is 17.2 Å². The lowest BCUT2D eigenvalue weighted by Crippen LogP contribution is -2.31. The molecule has 3 heterocycles. The Kier molecular flexibility index (Phi) is 5.65. The van der Waals surface area contributed by atoms with Crippen LogP contribution in [0, 0.1) is 6.92 Å². The number of methoxy groups -OCH3 is 1. The van der Waals surface area contributed by atoms with Gasteiger partial charge >= 0.3 is 5.63 Å². The molecule has 3 aromatic rings. The van der Waals surface area contributed by atoms with E-state index in [-0.39, 0.29) is 12.1 Å². The smallest absolute Gasteiger partial charge is 0.349 e. The van der Waals surface area contributed by atoms with Crippen molar-refractivity contribution in [1.29, 1.82) is 0 Å². The summed E-state index contributed by atoms with van der Waals surface area (Å²) in [4.78, 5) is 36.3. The van der Waals surface area contributed by atoms with E-state index in [1.54, 1.807) is 18.2 Å². The van der Waals surface area contributed by atoms with Gasteiger partial charge in [-0.05, 0) is 38.3 Å². The zero-order valence-corrected chi connectivity index (χ0v) is 17.1. The summed E-state index contributed by atoms with van der Waals surface area (Å²) >= 11 is 0. The number of aryl methyl sites for hydroxylation is 1. The molecule has 0 spiro atoms. The van der Waals surface area contributed by atoms with Crippen LogP contribution >= 0.6 is 0 Å². The molecule has 0 saturated carbocycles. The standard InChI is InChI=1S/C22H24N4O4/c1-14-11-19(26-9-4-3-5-10-26)25-18(24-14)13-23-21(27)16-12-15-7-6-8-17(29-2)20(15)30-22(16)28/h6-8,11-12H,3-5,9-10,13H2,1-2H3,(H,23,27). The molecule has 1 N–H and O–H groups in total. The van der Waals surface area contributed by atoms with Crippen LogP contribution in [0.2, 0.25) is 0 Å². The SMILES string of the molecule is COc1cccc2cc(C(=O)NCc3nc(C)cc(N4CCCCC4)n3)c(=O)oc12. The van der Waals surface area contributed by atoms with Gasteiger partial charge < -0.3 is 19.4 Å². The molecule has 0 unspecified atom stereocenters. The fourth-order valence-corrected chi connectivity index (χ4v) is 3.67. The summed E-state index contributed by atoms with van der Waals surface area (Å²) in [5.41, 5.74) is 0.366. The minimum absolute atomic E-state index is 0.0698. The number of carbonyl (C=O) groups excluding carboxylic acids is 1. The molecule has 2 aromatic heterocycles. The minimum atomic E-state index is -0.719. The number of hydrogen-bond acceptors (Lipinski definition) is 7. The first-order chi connectivity index (χ1) is 14.5. The normalized spacial score (nSPS) is 14.0. The van der Waals surface area contributed by atoms with Crippen molar-refractivity contribution in [3.63, 3.8) is 0 Å². The molecule has 1 aliphatic heterocycles. The number of anilines is 1. The number of nitrogens with one attached hydrogen (secondary N) is 1. The third kappa shape index (κ3) is 4.12. The van der Waals surface area contributed by atoms with Gasteiger partial charge in [0.2, 0.25) is 0 Å². The molecule has 1 aliphatic rings. The highest BCUT2D eigenvalue weighted by molar-refractivity contribution is 5.97. The van der Waals surface area contributed by atoms with E-state index in [1.807, 2.05) is 13.0 Å². The predicted octanol–water partition coefficient (Wildman–Crippen LogP) is 2.82. The van der Waals surface area contributed by atoms with Crippen molar-refractivity contribution in [2.45, 2.75) is 32.7 Å². The number of carbonyl (C=O) groups is 1. The fraction of sp³-hybridized carbons (Fsp3) is 0.364. The van der Waals surface area contributed by atoms with Crippen molar-refractivity contribution in [2.24, 2.45) is 0 Å². The highest BCUT2D eigenvalue weighted by Gasteiger charge is 2.17. The second-order valence-electron chi connectivity index (χ2n) is 7.34. The molecule has 0 aliphatic carbocycles. The quantitative estimate of drug-likeness (QED) is 0.648. The number of rotatable bonds is 5. The van der Waals surface area contributed by atoms with E-state index in [4.69, 9.17) is 9.15 Å². The molecule has 8 nitrogen and oxygen atoms in total. The number of ether oxygens (including phenoxy) is 1. The first-order valence-electron chi connectivity index (χ1n) is 10.0. The van der Waals surface area contributed by atoms with Gasteiger partial charge in [-0.1, -0.05) is 12.1 Å². The Morgan fingerprint density at radius 3 is 2.77 bits per heavy atom. The zero-order chi connectivity index (χ0) is 21.1. The Labute approximate surface area is 173 Å². The molecule has 0 radical (unpaired) electrons. The maximum absolute atomic E-state index is 12.6. The summed E-state index contributed by atoms with van der Waals surface area (Å²) in [7, 11) is 1.50. The molecule has 1 aromatic carbocycles. The van der Waals surface area contributed by atoms with Crippen molar-refractivity contribution < 1.29 is 13.9 Å². The lowest BCUT2D eigenvalue weighted by molar-refractivity contribution is 0.0946. The molecule has 30 heavy (non-hydrogen) atoms. The Bertz CT molecular complexity index is 1140. The van der Waals surface area contributed by atoms with E-state index < -0.39 is 11.5 Å². The van der Waals surface area contributed by atoms with Gasteiger partial charge in [0.25, 0.3) is 5.91 Å². The first kappa shape index (κ1) is 19.9. The van der Waals surface area contributed by atoms with Crippen molar-refractivity contribution in [3.05, 3.63) is 57.8 Å². The van der Waals surface area contributed by atoms with Crippen LogP contribution < -0.4 is 20.6 Å². The van der Waals surface area contributed by atoms with Crippen molar-refractivity contribution in [1.82, 2.24) is 15.3 Å². The molecular formula is C22H24N4O4. The molecular weight excluding hydrogens is 384 g/mol. The number of benzene rings is 1. The molecule has 0 atom stereocenters. The third-order valence-corrected chi connectivity index (χ3v) is 5.16. The lowest BCUT2D eigenvalue weighted by atomic mass is 10.1. The van der Waals surface area contributed by atoms with Gasteiger partial charge in [-0.3, -0.25) is 4.79 Å². The van der Waals surface area contributed by atoms with Gasteiger partial charge in [0.05, 0.1) is 13.7 Å². The van der Waals surface area contributed by atoms with E-state index in [2.05, 4.69) is 20.2 Å². The highest BCUT2D eigenvalue weighted by Crippen LogP contribution is 2.24. The number of para-hydroxylation sites is 1. The molecule has 4 rings (SSSR count). The van der Waals surface area contributed by atoms with Crippen LogP contribution in [0.15, 0.2) is 39.5 Å². The lowest BCUT2D eigenvalue weighted by Gasteiger charge is -2.28. The van der Waals surface area contributed by atoms with E-state index in [1.165, 1.54) is 19.6 Å². The molecule has 8 heteroatoms. The Hall–Kier alpha value is -3.42.